The number of ether oxygens (including phenoxy) is 2. The van der Waals surface area contributed by atoms with Crippen molar-refractivity contribution in [2.75, 3.05) is 38.3 Å². The molecule has 2 heterocycles. The smallest absolute Gasteiger partial charge is 0.337 e. The molecule has 28 heavy (non-hydrogen) atoms. The first-order chi connectivity index (χ1) is 13.6. The molecule has 3 aromatic rings. The number of rotatable bonds is 3. The van der Waals surface area contributed by atoms with Crippen molar-refractivity contribution in [1.82, 2.24) is 9.55 Å². The van der Waals surface area contributed by atoms with Crippen LogP contribution in [0.25, 0.3) is 16.6 Å². The molecule has 1 aromatic heterocycles. The van der Waals surface area contributed by atoms with Gasteiger partial charge in [-0.25, -0.2) is 18.7 Å². The fourth-order valence-corrected chi connectivity index (χ4v) is 3.24. The Bertz CT molecular complexity index is 1110. The van der Waals surface area contributed by atoms with Crippen molar-refractivity contribution in [2.24, 2.45) is 0 Å². The highest BCUT2D eigenvalue weighted by Gasteiger charge is 2.21. The van der Waals surface area contributed by atoms with Gasteiger partial charge in [-0.05, 0) is 36.4 Å². The monoisotopic (exact) mass is 383 g/mol. The Morgan fingerprint density at radius 3 is 2.68 bits per heavy atom. The van der Waals surface area contributed by atoms with E-state index in [0.29, 0.717) is 54.4 Å². The number of hydrogen-bond donors (Lipinski definition) is 0. The second-order valence-electron chi connectivity index (χ2n) is 6.36. The second-order valence-corrected chi connectivity index (χ2v) is 6.36. The highest BCUT2D eigenvalue weighted by atomic mass is 19.1. The SMILES string of the molecule is COC(=O)c1ccc2c(=O)n(-c3cccc(F)c3)c(N3CCOCC3)nc2c1. The van der Waals surface area contributed by atoms with Crippen molar-refractivity contribution >= 4 is 22.8 Å². The first-order valence-corrected chi connectivity index (χ1v) is 8.82. The minimum absolute atomic E-state index is 0.304. The average Bonchev–Trinajstić information content (AvgIpc) is 2.73. The van der Waals surface area contributed by atoms with E-state index < -0.39 is 11.8 Å². The van der Waals surface area contributed by atoms with E-state index in [1.54, 1.807) is 12.1 Å². The predicted molar refractivity (Wildman–Crippen MR) is 102 cm³/mol. The van der Waals surface area contributed by atoms with Crippen LogP contribution in [-0.2, 0) is 9.47 Å². The zero-order valence-corrected chi connectivity index (χ0v) is 15.2. The molecule has 0 N–H and O–H groups in total. The summed E-state index contributed by atoms with van der Waals surface area (Å²) in [6.07, 6.45) is 0. The van der Waals surface area contributed by atoms with Gasteiger partial charge in [0.05, 0.1) is 42.5 Å². The Balaban J connectivity index is 1.98. The fraction of sp³-hybridized carbons (Fsp3) is 0.250. The number of esters is 1. The van der Waals surface area contributed by atoms with Crippen molar-refractivity contribution in [3.63, 3.8) is 0 Å². The third-order valence-corrected chi connectivity index (χ3v) is 4.63. The predicted octanol–water partition coefficient (Wildman–Crippen LogP) is 2.15. The number of methoxy groups -OCH3 is 1. The van der Waals surface area contributed by atoms with Crippen molar-refractivity contribution < 1.29 is 18.7 Å². The van der Waals surface area contributed by atoms with Crippen LogP contribution in [0.15, 0.2) is 47.3 Å². The van der Waals surface area contributed by atoms with Gasteiger partial charge in [-0.15, -0.1) is 0 Å². The van der Waals surface area contributed by atoms with Crippen molar-refractivity contribution in [2.45, 2.75) is 0 Å². The molecule has 0 amide bonds. The third-order valence-electron chi connectivity index (χ3n) is 4.63. The van der Waals surface area contributed by atoms with E-state index in [0.717, 1.165) is 0 Å². The molecule has 1 aliphatic rings. The Kier molecular flexibility index (Phi) is 4.79. The molecule has 4 rings (SSSR count). The van der Waals surface area contributed by atoms with Crippen LogP contribution in [0.3, 0.4) is 0 Å². The molecule has 0 radical (unpaired) electrons. The topological polar surface area (TPSA) is 73.7 Å². The summed E-state index contributed by atoms with van der Waals surface area (Å²) in [7, 11) is 1.29. The van der Waals surface area contributed by atoms with Gasteiger partial charge in [0.15, 0.2) is 0 Å². The molecule has 0 aliphatic carbocycles. The van der Waals surface area contributed by atoms with Crippen LogP contribution in [0.5, 0.6) is 0 Å². The summed E-state index contributed by atoms with van der Waals surface area (Å²) >= 11 is 0. The highest BCUT2D eigenvalue weighted by Crippen LogP contribution is 2.22. The molecule has 144 valence electrons. The summed E-state index contributed by atoms with van der Waals surface area (Å²) in [5.41, 5.74) is 0.729. The van der Waals surface area contributed by atoms with Gasteiger partial charge in [-0.3, -0.25) is 4.79 Å². The lowest BCUT2D eigenvalue weighted by atomic mass is 10.1. The Morgan fingerprint density at radius 2 is 1.96 bits per heavy atom. The minimum Gasteiger partial charge on any atom is -0.465 e. The molecule has 1 fully saturated rings. The van der Waals surface area contributed by atoms with Crippen LogP contribution in [0.1, 0.15) is 10.4 Å². The molecule has 7 nitrogen and oxygen atoms in total. The Morgan fingerprint density at radius 1 is 1.18 bits per heavy atom. The number of nitrogens with zero attached hydrogens (tertiary/aromatic N) is 3. The fourth-order valence-electron chi connectivity index (χ4n) is 3.24. The number of halogens is 1. The number of morpholine rings is 1. The standard InChI is InChI=1S/C20H18FN3O4/c1-27-19(26)13-5-6-16-17(11-13)22-20(23-7-9-28-10-8-23)24(18(16)25)15-4-2-3-14(21)12-15/h2-6,11-12H,7-10H2,1H3. The molecule has 0 spiro atoms. The summed E-state index contributed by atoms with van der Waals surface area (Å²) in [5.74, 6) is -0.571. The second kappa shape index (κ2) is 7.40. The minimum atomic E-state index is -0.508. The van der Waals surface area contributed by atoms with E-state index in [1.807, 2.05) is 4.90 Å². The van der Waals surface area contributed by atoms with E-state index in [9.17, 15) is 14.0 Å². The summed E-state index contributed by atoms with van der Waals surface area (Å²) in [6, 6.07) is 10.4. The average molecular weight is 383 g/mol. The van der Waals surface area contributed by atoms with E-state index in [-0.39, 0.29) is 5.56 Å². The van der Waals surface area contributed by atoms with Crippen LogP contribution >= 0.6 is 0 Å². The first-order valence-electron chi connectivity index (χ1n) is 8.82. The van der Waals surface area contributed by atoms with Gasteiger partial charge < -0.3 is 14.4 Å². The molecule has 2 aromatic carbocycles. The van der Waals surface area contributed by atoms with Gasteiger partial charge in [0.2, 0.25) is 5.95 Å². The lowest BCUT2D eigenvalue weighted by molar-refractivity contribution is 0.0601. The quantitative estimate of drug-likeness (QED) is 0.646. The van der Waals surface area contributed by atoms with E-state index in [1.165, 1.54) is 42.0 Å². The van der Waals surface area contributed by atoms with Crippen LogP contribution in [0, 0.1) is 5.82 Å². The first kappa shape index (κ1) is 18.1. The van der Waals surface area contributed by atoms with Crippen molar-refractivity contribution in [3.05, 3.63) is 64.2 Å². The molecule has 1 saturated heterocycles. The van der Waals surface area contributed by atoms with E-state index >= 15 is 0 Å². The lowest BCUT2D eigenvalue weighted by Crippen LogP contribution is -2.40. The maximum Gasteiger partial charge on any atom is 0.337 e. The number of carbonyl (C=O) groups is 1. The van der Waals surface area contributed by atoms with E-state index in [4.69, 9.17) is 9.47 Å². The number of benzene rings is 2. The van der Waals surface area contributed by atoms with Crippen molar-refractivity contribution in [1.29, 1.82) is 0 Å². The summed E-state index contributed by atoms with van der Waals surface area (Å²) < 4.78 is 25.4. The van der Waals surface area contributed by atoms with Crippen LogP contribution in [0.4, 0.5) is 10.3 Å². The van der Waals surface area contributed by atoms with Crippen molar-refractivity contribution in [3.8, 4) is 5.69 Å². The normalized spacial score (nSPS) is 14.3. The number of fused-ring (bicyclic) bond motifs is 1. The van der Waals surface area contributed by atoms with Gasteiger partial charge in [-0.2, -0.15) is 0 Å². The number of carbonyl (C=O) groups excluding carboxylic acids is 1. The van der Waals surface area contributed by atoms with Gasteiger partial charge in [0, 0.05) is 13.1 Å². The van der Waals surface area contributed by atoms with Gasteiger partial charge in [0.1, 0.15) is 5.82 Å². The van der Waals surface area contributed by atoms with Crippen LogP contribution in [0.2, 0.25) is 0 Å². The summed E-state index contributed by atoms with van der Waals surface area (Å²) in [4.78, 5) is 31.7. The Hall–Kier alpha value is -3.26. The summed E-state index contributed by atoms with van der Waals surface area (Å²) in [6.45, 7) is 2.09. The summed E-state index contributed by atoms with van der Waals surface area (Å²) in [5, 5.41) is 0.328. The molecule has 0 bridgehead atoms. The molecule has 1 aliphatic heterocycles. The van der Waals surface area contributed by atoms with E-state index in [2.05, 4.69) is 4.98 Å². The van der Waals surface area contributed by atoms with Gasteiger partial charge >= 0.3 is 5.97 Å². The number of aromatic nitrogens is 2. The molecular formula is C20H18FN3O4. The molecule has 0 unspecified atom stereocenters. The zero-order chi connectivity index (χ0) is 19.7. The lowest BCUT2D eigenvalue weighted by Gasteiger charge is -2.30. The van der Waals surface area contributed by atoms with Crippen LogP contribution in [-0.4, -0.2) is 48.9 Å². The van der Waals surface area contributed by atoms with Gasteiger partial charge in [-0.1, -0.05) is 6.07 Å². The Labute approximate surface area is 159 Å². The maximum atomic E-state index is 13.8. The third kappa shape index (κ3) is 3.22. The molecule has 0 atom stereocenters. The highest BCUT2D eigenvalue weighted by molar-refractivity contribution is 5.94. The molecular weight excluding hydrogens is 365 g/mol. The van der Waals surface area contributed by atoms with Gasteiger partial charge in [0.25, 0.3) is 5.56 Å². The number of anilines is 1. The number of hydrogen-bond acceptors (Lipinski definition) is 6. The molecule has 8 heteroatoms. The largest absolute Gasteiger partial charge is 0.465 e. The maximum absolute atomic E-state index is 13.8. The molecule has 0 saturated carbocycles. The van der Waals surface area contributed by atoms with Crippen LogP contribution < -0.4 is 10.5 Å². The zero-order valence-electron chi connectivity index (χ0n) is 15.2.